The molecule has 5 nitrogen and oxygen atoms in total. The zero-order chi connectivity index (χ0) is 21.7. The Morgan fingerprint density at radius 2 is 1.80 bits per heavy atom. The molecule has 1 amide bonds. The van der Waals surface area contributed by atoms with Gasteiger partial charge in [0.05, 0.1) is 30.5 Å². The van der Waals surface area contributed by atoms with E-state index in [-0.39, 0.29) is 5.91 Å². The second kappa shape index (κ2) is 9.85. The van der Waals surface area contributed by atoms with Gasteiger partial charge in [-0.25, -0.2) is 4.98 Å². The molecule has 0 atom stereocenters. The van der Waals surface area contributed by atoms with Gasteiger partial charge in [-0.15, -0.1) is 0 Å². The van der Waals surface area contributed by atoms with Gasteiger partial charge < -0.3 is 14.4 Å². The van der Waals surface area contributed by atoms with Gasteiger partial charge in [0, 0.05) is 19.0 Å². The SMILES string of the molecule is COc1ccc(CCN(C)C(=O)CSc2cc(C)c3cccc(C)c3n2)cc1OC. The van der Waals surface area contributed by atoms with Crippen LogP contribution in [0.25, 0.3) is 10.9 Å². The van der Waals surface area contributed by atoms with Crippen molar-refractivity contribution >= 4 is 28.6 Å². The maximum atomic E-state index is 12.6. The standard InChI is InChI=1S/C24H28N2O3S/c1-16-7-6-8-19-17(2)13-22(25-24(16)19)30-15-23(27)26(3)12-11-18-9-10-20(28-4)21(14-18)29-5/h6-10,13-14H,11-12,15H2,1-5H3. The molecule has 0 spiro atoms. The molecule has 0 aliphatic heterocycles. The highest BCUT2D eigenvalue weighted by molar-refractivity contribution is 7.99. The van der Waals surface area contributed by atoms with Crippen molar-refractivity contribution in [1.29, 1.82) is 0 Å². The first-order chi connectivity index (χ1) is 14.4. The molecule has 2 aromatic carbocycles. The number of aromatic nitrogens is 1. The normalized spacial score (nSPS) is 10.8. The van der Waals surface area contributed by atoms with Gasteiger partial charge in [0.1, 0.15) is 0 Å². The van der Waals surface area contributed by atoms with Crippen LogP contribution in [0.15, 0.2) is 47.5 Å². The maximum absolute atomic E-state index is 12.6. The number of benzene rings is 2. The Balaban J connectivity index is 1.58. The van der Waals surface area contributed by atoms with Gasteiger partial charge in [0.2, 0.25) is 5.91 Å². The number of carbonyl (C=O) groups excluding carboxylic acids is 1. The van der Waals surface area contributed by atoms with E-state index in [1.54, 1.807) is 19.1 Å². The number of fused-ring (bicyclic) bond motifs is 1. The van der Waals surface area contributed by atoms with Gasteiger partial charge in [-0.05, 0) is 55.2 Å². The number of methoxy groups -OCH3 is 2. The van der Waals surface area contributed by atoms with E-state index < -0.39 is 0 Å². The summed E-state index contributed by atoms with van der Waals surface area (Å²) in [6.07, 6.45) is 0.750. The maximum Gasteiger partial charge on any atom is 0.232 e. The monoisotopic (exact) mass is 424 g/mol. The van der Waals surface area contributed by atoms with E-state index >= 15 is 0 Å². The van der Waals surface area contributed by atoms with E-state index in [1.807, 2.05) is 25.2 Å². The lowest BCUT2D eigenvalue weighted by Crippen LogP contribution is -2.30. The summed E-state index contributed by atoms with van der Waals surface area (Å²) in [5.41, 5.74) is 4.44. The molecular weight excluding hydrogens is 396 g/mol. The predicted octanol–water partition coefficient (Wildman–Crippen LogP) is 4.66. The number of thioether (sulfide) groups is 1. The Morgan fingerprint density at radius 1 is 1.03 bits per heavy atom. The van der Waals surface area contributed by atoms with Crippen molar-refractivity contribution in [2.75, 3.05) is 33.6 Å². The van der Waals surface area contributed by atoms with Crippen LogP contribution in [0.4, 0.5) is 0 Å². The van der Waals surface area contributed by atoms with Crippen molar-refractivity contribution in [3.63, 3.8) is 0 Å². The summed E-state index contributed by atoms with van der Waals surface area (Å²) >= 11 is 1.49. The van der Waals surface area contributed by atoms with Gasteiger partial charge in [-0.3, -0.25) is 4.79 Å². The summed E-state index contributed by atoms with van der Waals surface area (Å²) in [5, 5.41) is 2.05. The van der Waals surface area contributed by atoms with Gasteiger partial charge >= 0.3 is 0 Å². The number of hydrogen-bond donors (Lipinski definition) is 0. The molecule has 158 valence electrons. The summed E-state index contributed by atoms with van der Waals surface area (Å²) in [6, 6.07) is 14.1. The third-order valence-electron chi connectivity index (χ3n) is 5.18. The number of amides is 1. The highest BCUT2D eigenvalue weighted by Gasteiger charge is 2.12. The number of para-hydroxylation sites is 1. The van der Waals surface area contributed by atoms with Crippen molar-refractivity contribution in [2.45, 2.75) is 25.3 Å². The Labute approximate surface area is 182 Å². The van der Waals surface area contributed by atoms with Crippen molar-refractivity contribution < 1.29 is 14.3 Å². The van der Waals surface area contributed by atoms with Crippen molar-refractivity contribution in [1.82, 2.24) is 9.88 Å². The number of carbonyl (C=O) groups is 1. The Bertz CT molecular complexity index is 1050. The van der Waals surface area contributed by atoms with E-state index in [2.05, 4.69) is 38.1 Å². The summed E-state index contributed by atoms with van der Waals surface area (Å²) < 4.78 is 10.6. The zero-order valence-corrected chi connectivity index (χ0v) is 19.0. The highest BCUT2D eigenvalue weighted by Crippen LogP contribution is 2.28. The van der Waals surface area contributed by atoms with E-state index in [0.717, 1.165) is 33.5 Å². The minimum atomic E-state index is 0.0878. The minimum Gasteiger partial charge on any atom is -0.493 e. The van der Waals surface area contributed by atoms with Gasteiger partial charge in [-0.2, -0.15) is 0 Å². The fourth-order valence-corrected chi connectivity index (χ4v) is 4.22. The van der Waals surface area contributed by atoms with Crippen LogP contribution in [0.5, 0.6) is 11.5 Å². The fraction of sp³-hybridized carbons (Fsp3) is 0.333. The first kappa shape index (κ1) is 22.0. The molecule has 1 heterocycles. The topological polar surface area (TPSA) is 51.7 Å². The highest BCUT2D eigenvalue weighted by atomic mass is 32.2. The molecule has 0 aliphatic carbocycles. The van der Waals surface area contributed by atoms with Crippen LogP contribution in [0, 0.1) is 13.8 Å². The molecule has 0 saturated carbocycles. The molecule has 0 saturated heterocycles. The molecule has 0 unspecified atom stereocenters. The summed E-state index contributed by atoms with van der Waals surface area (Å²) in [6.45, 7) is 4.79. The number of aryl methyl sites for hydroxylation is 2. The second-order valence-electron chi connectivity index (χ2n) is 7.29. The fourth-order valence-electron chi connectivity index (χ4n) is 3.31. The molecule has 3 rings (SSSR count). The number of nitrogens with zero attached hydrogens (tertiary/aromatic N) is 2. The molecule has 30 heavy (non-hydrogen) atoms. The lowest BCUT2D eigenvalue weighted by atomic mass is 10.1. The summed E-state index contributed by atoms with van der Waals surface area (Å²) in [7, 11) is 5.08. The molecule has 6 heteroatoms. The van der Waals surface area contributed by atoms with Crippen LogP contribution in [0.1, 0.15) is 16.7 Å². The van der Waals surface area contributed by atoms with Gasteiger partial charge in [-0.1, -0.05) is 36.0 Å². The molecule has 3 aromatic rings. The summed E-state index contributed by atoms with van der Waals surface area (Å²) in [4.78, 5) is 19.1. The largest absolute Gasteiger partial charge is 0.493 e. The van der Waals surface area contributed by atoms with E-state index in [4.69, 9.17) is 14.5 Å². The average Bonchev–Trinajstić information content (AvgIpc) is 2.76. The Hall–Kier alpha value is -2.73. The molecule has 1 aromatic heterocycles. The average molecular weight is 425 g/mol. The van der Waals surface area contributed by atoms with E-state index in [9.17, 15) is 4.79 Å². The first-order valence-corrected chi connectivity index (χ1v) is 10.9. The smallest absolute Gasteiger partial charge is 0.232 e. The van der Waals surface area contributed by atoms with Crippen molar-refractivity contribution in [3.05, 3.63) is 59.2 Å². The lowest BCUT2D eigenvalue weighted by Gasteiger charge is -2.17. The number of rotatable bonds is 8. The minimum absolute atomic E-state index is 0.0878. The summed E-state index contributed by atoms with van der Waals surface area (Å²) in [5.74, 6) is 1.86. The number of likely N-dealkylation sites (N-methyl/N-ethyl adjacent to an activating group) is 1. The Kier molecular flexibility index (Phi) is 7.21. The van der Waals surface area contributed by atoms with Crippen LogP contribution < -0.4 is 9.47 Å². The van der Waals surface area contributed by atoms with Crippen LogP contribution in [-0.4, -0.2) is 49.4 Å². The van der Waals surface area contributed by atoms with E-state index in [1.165, 1.54) is 17.3 Å². The number of hydrogen-bond acceptors (Lipinski definition) is 5. The van der Waals surface area contributed by atoms with Crippen LogP contribution in [0.3, 0.4) is 0 Å². The quantitative estimate of drug-likeness (QED) is 0.492. The third-order valence-corrected chi connectivity index (χ3v) is 6.07. The molecular formula is C24H28N2O3S. The molecule has 0 aliphatic rings. The first-order valence-electron chi connectivity index (χ1n) is 9.87. The van der Waals surface area contributed by atoms with Gasteiger partial charge in [0.25, 0.3) is 0 Å². The van der Waals surface area contributed by atoms with E-state index in [0.29, 0.717) is 23.8 Å². The van der Waals surface area contributed by atoms with Crippen LogP contribution in [-0.2, 0) is 11.2 Å². The van der Waals surface area contributed by atoms with Crippen LogP contribution in [0.2, 0.25) is 0 Å². The third kappa shape index (κ3) is 5.05. The number of ether oxygens (including phenoxy) is 2. The van der Waals surface area contributed by atoms with Crippen molar-refractivity contribution in [2.24, 2.45) is 0 Å². The van der Waals surface area contributed by atoms with Gasteiger partial charge in [0.15, 0.2) is 11.5 Å². The predicted molar refractivity (Wildman–Crippen MR) is 123 cm³/mol. The lowest BCUT2D eigenvalue weighted by molar-refractivity contribution is -0.127. The molecule has 0 bridgehead atoms. The molecule has 0 fully saturated rings. The van der Waals surface area contributed by atoms with Crippen LogP contribution >= 0.6 is 11.8 Å². The zero-order valence-electron chi connectivity index (χ0n) is 18.2. The Morgan fingerprint density at radius 3 is 2.53 bits per heavy atom. The van der Waals surface area contributed by atoms with Crippen molar-refractivity contribution in [3.8, 4) is 11.5 Å². The second-order valence-corrected chi connectivity index (χ2v) is 8.29. The molecule has 0 radical (unpaired) electrons. The number of pyridine rings is 1. The molecule has 0 N–H and O–H groups in total.